The topological polar surface area (TPSA) is 46.5 Å². The molecule has 1 heterocycles. The highest BCUT2D eigenvalue weighted by Gasteiger charge is 2.79. The van der Waals surface area contributed by atoms with E-state index in [1.54, 1.807) is 20.8 Å². The number of alkyl halides is 5. The smallest absolute Gasteiger partial charge is 0.418 e. The number of aliphatic hydroxyl groups is 1. The third kappa shape index (κ3) is 3.19. The van der Waals surface area contributed by atoms with E-state index in [0.717, 1.165) is 0 Å². The van der Waals surface area contributed by atoms with Crippen molar-refractivity contribution in [2.75, 3.05) is 0 Å². The Bertz CT molecular complexity index is 487. The zero-order valence-corrected chi connectivity index (χ0v) is 14.1. The van der Waals surface area contributed by atoms with Crippen LogP contribution in [0, 0.1) is 16.2 Å². The number of esters is 1. The first-order chi connectivity index (χ1) is 9.79. The van der Waals surface area contributed by atoms with Gasteiger partial charge in [-0.2, -0.15) is 22.0 Å². The molecule has 0 aliphatic carbocycles. The van der Waals surface area contributed by atoms with Gasteiger partial charge in [-0.25, -0.2) is 0 Å². The average molecular weight is 346 g/mol. The molecule has 1 rings (SSSR count). The average Bonchev–Trinajstić information content (AvgIpc) is 2.20. The predicted molar refractivity (Wildman–Crippen MR) is 72.6 cm³/mol. The van der Waals surface area contributed by atoms with Crippen molar-refractivity contribution in [3.05, 3.63) is 0 Å². The molecular weight excluding hydrogens is 323 g/mol. The molecule has 1 N–H and O–H groups in total. The number of hydrogen-bond donors (Lipinski definition) is 1. The lowest BCUT2D eigenvalue weighted by Crippen LogP contribution is -2.69. The van der Waals surface area contributed by atoms with Crippen LogP contribution in [0.25, 0.3) is 0 Å². The molecule has 0 saturated carbocycles. The maximum atomic E-state index is 14.3. The maximum absolute atomic E-state index is 14.3. The van der Waals surface area contributed by atoms with E-state index < -0.39 is 46.5 Å². The van der Waals surface area contributed by atoms with E-state index in [0.29, 0.717) is 0 Å². The number of hydrogen-bond acceptors (Lipinski definition) is 3. The van der Waals surface area contributed by atoms with Crippen LogP contribution in [0.1, 0.15) is 54.4 Å². The van der Waals surface area contributed by atoms with Gasteiger partial charge in [-0.15, -0.1) is 0 Å². The van der Waals surface area contributed by atoms with E-state index in [2.05, 4.69) is 4.74 Å². The number of carbonyl (C=O) groups is 1. The molecule has 0 aromatic heterocycles. The zero-order chi connectivity index (χ0) is 18.7. The van der Waals surface area contributed by atoms with Crippen LogP contribution in [0.5, 0.6) is 0 Å². The lowest BCUT2D eigenvalue weighted by atomic mass is 9.56. The van der Waals surface area contributed by atoms with Gasteiger partial charge in [-0.1, -0.05) is 41.5 Å². The van der Waals surface area contributed by atoms with Crippen LogP contribution < -0.4 is 0 Å². The number of ether oxygens (including phenoxy) is 1. The molecule has 0 radical (unpaired) electrons. The summed E-state index contributed by atoms with van der Waals surface area (Å²) in [4.78, 5) is 12.4. The first-order valence-electron chi connectivity index (χ1n) is 7.20. The van der Waals surface area contributed by atoms with Gasteiger partial charge < -0.3 is 9.84 Å². The van der Waals surface area contributed by atoms with Crippen LogP contribution in [0.4, 0.5) is 22.0 Å². The van der Waals surface area contributed by atoms with Gasteiger partial charge in [-0.3, -0.25) is 4.79 Å². The van der Waals surface area contributed by atoms with E-state index in [4.69, 9.17) is 0 Å². The maximum Gasteiger partial charge on any atom is 0.462 e. The Kier molecular flexibility index (Phi) is 4.41. The van der Waals surface area contributed by atoms with Crippen molar-refractivity contribution in [1.29, 1.82) is 0 Å². The van der Waals surface area contributed by atoms with Gasteiger partial charge in [0.1, 0.15) is 0 Å². The second-order valence-electron chi connectivity index (χ2n) is 8.48. The quantitative estimate of drug-likeness (QED) is 0.569. The van der Waals surface area contributed by atoms with Crippen LogP contribution in [0.3, 0.4) is 0 Å². The largest absolute Gasteiger partial charge is 0.462 e. The van der Waals surface area contributed by atoms with E-state index in [1.807, 2.05) is 0 Å². The van der Waals surface area contributed by atoms with Crippen LogP contribution >= 0.6 is 0 Å². The van der Waals surface area contributed by atoms with Gasteiger partial charge >= 0.3 is 23.9 Å². The molecule has 136 valence electrons. The van der Waals surface area contributed by atoms with Crippen LogP contribution in [0.2, 0.25) is 0 Å². The highest BCUT2D eigenvalue weighted by atomic mass is 19.4. The molecule has 2 atom stereocenters. The van der Waals surface area contributed by atoms with Crippen molar-refractivity contribution < 1.29 is 36.6 Å². The van der Waals surface area contributed by atoms with Gasteiger partial charge in [0.05, 0.1) is 5.41 Å². The molecule has 0 aromatic carbocycles. The molecule has 2 unspecified atom stereocenters. The third-order valence-electron chi connectivity index (χ3n) is 4.30. The van der Waals surface area contributed by atoms with E-state index >= 15 is 0 Å². The van der Waals surface area contributed by atoms with Gasteiger partial charge in [0.2, 0.25) is 0 Å². The Balaban J connectivity index is 3.49. The fourth-order valence-corrected chi connectivity index (χ4v) is 3.02. The second kappa shape index (κ2) is 5.04. The molecule has 1 saturated heterocycles. The number of cyclic esters (lactones) is 1. The minimum absolute atomic E-state index is 0.105. The normalized spacial score (nSPS) is 32.6. The lowest BCUT2D eigenvalue weighted by Gasteiger charge is -2.53. The summed E-state index contributed by atoms with van der Waals surface area (Å²) in [7, 11) is 0. The Labute approximate surface area is 132 Å². The summed E-state index contributed by atoms with van der Waals surface area (Å²) in [5, 5.41) is 9.38. The van der Waals surface area contributed by atoms with Crippen LogP contribution in [0.15, 0.2) is 0 Å². The predicted octanol–water partition coefficient (Wildman–Crippen LogP) is 4.29. The highest BCUT2D eigenvalue weighted by molar-refractivity contribution is 5.79. The minimum Gasteiger partial charge on any atom is -0.418 e. The summed E-state index contributed by atoms with van der Waals surface area (Å²) >= 11 is 0. The summed E-state index contributed by atoms with van der Waals surface area (Å²) in [6, 6.07) is 0. The Morgan fingerprint density at radius 1 is 1.09 bits per heavy atom. The zero-order valence-electron chi connectivity index (χ0n) is 14.1. The van der Waals surface area contributed by atoms with Crippen LogP contribution in [-0.4, -0.2) is 29.0 Å². The van der Waals surface area contributed by atoms with Gasteiger partial charge in [0, 0.05) is 6.42 Å². The summed E-state index contributed by atoms with van der Waals surface area (Å²) in [5.74, 6) is -10.9. The molecule has 0 aromatic rings. The Morgan fingerprint density at radius 3 is 1.83 bits per heavy atom. The minimum atomic E-state index is -5.79. The van der Waals surface area contributed by atoms with Crippen LogP contribution in [-0.2, 0) is 9.53 Å². The van der Waals surface area contributed by atoms with Crippen molar-refractivity contribution in [3.63, 3.8) is 0 Å². The van der Waals surface area contributed by atoms with Gasteiger partial charge in [0.15, 0.2) is 0 Å². The fraction of sp³-hybridized carbons (Fsp3) is 0.933. The molecule has 23 heavy (non-hydrogen) atoms. The highest BCUT2D eigenvalue weighted by Crippen LogP contribution is 2.60. The molecule has 0 spiro atoms. The van der Waals surface area contributed by atoms with Crippen molar-refractivity contribution in [3.8, 4) is 0 Å². The van der Waals surface area contributed by atoms with E-state index in [9.17, 15) is 31.9 Å². The summed E-state index contributed by atoms with van der Waals surface area (Å²) in [6.07, 6.45) is -7.33. The number of carbonyl (C=O) groups excluding carboxylic acids is 1. The summed E-state index contributed by atoms with van der Waals surface area (Å²) in [5.41, 5.74) is -3.56. The van der Waals surface area contributed by atoms with Crippen molar-refractivity contribution in [2.45, 2.75) is 72.3 Å². The second-order valence-corrected chi connectivity index (χ2v) is 8.48. The summed E-state index contributed by atoms with van der Waals surface area (Å²) in [6.45, 7) is 9.56. The standard InChI is InChI=1S/C15H23F5O3/c1-10(2,3)7-12(11(4,5)6)8-13(16,17)14(22,15(18,19)20)23-9(12)21/h22H,7-8H2,1-6H3. The molecule has 3 nitrogen and oxygen atoms in total. The van der Waals surface area contributed by atoms with Crippen molar-refractivity contribution in [1.82, 2.24) is 0 Å². The fourth-order valence-electron chi connectivity index (χ4n) is 3.02. The first kappa shape index (κ1) is 20.1. The molecule has 0 amide bonds. The summed E-state index contributed by atoms with van der Waals surface area (Å²) < 4.78 is 71.2. The van der Waals surface area contributed by atoms with E-state index in [-0.39, 0.29) is 6.42 Å². The Hall–Kier alpha value is -0.920. The SMILES string of the molecule is CC(C)(C)CC1(C(C)(C)C)CC(F)(F)C(O)(C(F)(F)F)OC1=O. The van der Waals surface area contributed by atoms with Crippen molar-refractivity contribution in [2.24, 2.45) is 16.2 Å². The molecule has 0 bridgehead atoms. The van der Waals surface area contributed by atoms with Crippen molar-refractivity contribution >= 4 is 5.97 Å². The van der Waals surface area contributed by atoms with Gasteiger partial charge in [-0.05, 0) is 17.3 Å². The monoisotopic (exact) mass is 346 g/mol. The molecule has 1 fully saturated rings. The lowest BCUT2D eigenvalue weighted by molar-refractivity contribution is -0.436. The van der Waals surface area contributed by atoms with Gasteiger partial charge in [0.25, 0.3) is 0 Å². The first-order valence-corrected chi connectivity index (χ1v) is 7.20. The molecule has 1 aliphatic heterocycles. The molecular formula is C15H23F5O3. The van der Waals surface area contributed by atoms with E-state index in [1.165, 1.54) is 20.8 Å². The number of halogens is 5. The molecule has 1 aliphatic rings. The molecule has 8 heteroatoms. The Morgan fingerprint density at radius 2 is 1.52 bits per heavy atom. The number of rotatable bonds is 1. The third-order valence-corrected chi connectivity index (χ3v) is 4.30.